The minimum Gasteiger partial charge on any atom is -0.493 e. The molecule has 1 unspecified atom stereocenters. The zero-order valence-corrected chi connectivity index (χ0v) is 19.3. The lowest BCUT2D eigenvalue weighted by molar-refractivity contribution is 0.114. The zero-order valence-electron chi connectivity index (χ0n) is 17.0. The number of guanidine groups is 1. The minimum atomic E-state index is 0. The maximum Gasteiger partial charge on any atom is 0.191 e. The molecule has 158 valence electrons. The van der Waals surface area contributed by atoms with Gasteiger partial charge in [-0.3, -0.25) is 4.99 Å². The number of nitrogens with zero attached hydrogens (tertiary/aromatic N) is 1. The normalized spacial score (nSPS) is 16.1. The highest BCUT2D eigenvalue weighted by Crippen LogP contribution is 2.28. The van der Waals surface area contributed by atoms with Crippen LogP contribution in [0, 0.1) is 0 Å². The van der Waals surface area contributed by atoms with E-state index in [9.17, 15) is 0 Å². The molecule has 1 aliphatic rings. The van der Waals surface area contributed by atoms with Crippen LogP contribution in [0.4, 0.5) is 0 Å². The first-order valence-corrected chi connectivity index (χ1v) is 9.68. The van der Waals surface area contributed by atoms with Crippen LogP contribution in [-0.2, 0) is 17.9 Å². The highest BCUT2D eigenvalue weighted by molar-refractivity contribution is 14.0. The van der Waals surface area contributed by atoms with Gasteiger partial charge in [0, 0.05) is 26.7 Å². The number of rotatable bonds is 8. The van der Waals surface area contributed by atoms with Crippen LogP contribution < -0.4 is 20.1 Å². The van der Waals surface area contributed by atoms with Crippen LogP contribution in [0.15, 0.2) is 53.5 Å². The Kier molecular flexibility index (Phi) is 10.1. The largest absolute Gasteiger partial charge is 0.493 e. The topological polar surface area (TPSA) is 64.1 Å². The lowest BCUT2D eigenvalue weighted by atomic mass is 10.2. The Bertz CT molecular complexity index is 765. The summed E-state index contributed by atoms with van der Waals surface area (Å²) in [5, 5.41) is 6.64. The summed E-state index contributed by atoms with van der Waals surface area (Å²) in [6, 6.07) is 16.1. The Hall–Kier alpha value is -2.00. The SMILES string of the molecule is CN=C(NCc1ccc(OCc2ccccc2)c(OC)c1)NCC1CCCO1.I. The van der Waals surface area contributed by atoms with Crippen molar-refractivity contribution < 1.29 is 14.2 Å². The highest BCUT2D eigenvalue weighted by atomic mass is 127. The molecule has 0 amide bonds. The third kappa shape index (κ3) is 7.40. The Labute approximate surface area is 190 Å². The molecule has 7 heteroatoms. The van der Waals surface area contributed by atoms with Gasteiger partial charge in [0.25, 0.3) is 0 Å². The molecule has 1 atom stereocenters. The standard InChI is InChI=1S/C22H29N3O3.HI/c1-23-22(25-15-19-9-6-12-27-19)24-14-18-10-11-20(21(13-18)26-2)28-16-17-7-4-3-5-8-17;/h3-5,7-8,10-11,13,19H,6,9,12,14-16H2,1-2H3,(H2,23,24,25);1H. The Balaban J connectivity index is 0.00000300. The smallest absolute Gasteiger partial charge is 0.191 e. The zero-order chi connectivity index (χ0) is 19.6. The van der Waals surface area contributed by atoms with E-state index in [-0.39, 0.29) is 30.1 Å². The van der Waals surface area contributed by atoms with Gasteiger partial charge in [0.1, 0.15) is 6.61 Å². The van der Waals surface area contributed by atoms with Crippen molar-refractivity contribution in [3.05, 3.63) is 59.7 Å². The fraction of sp³-hybridized carbons (Fsp3) is 0.409. The van der Waals surface area contributed by atoms with Crippen LogP contribution in [0.1, 0.15) is 24.0 Å². The quantitative estimate of drug-likeness (QED) is 0.321. The number of benzene rings is 2. The molecule has 1 aliphatic heterocycles. The summed E-state index contributed by atoms with van der Waals surface area (Å²) in [5.41, 5.74) is 2.21. The van der Waals surface area contributed by atoms with Crippen molar-refractivity contribution in [2.45, 2.75) is 32.1 Å². The Morgan fingerprint density at radius 2 is 1.93 bits per heavy atom. The van der Waals surface area contributed by atoms with Gasteiger partial charge in [0.05, 0.1) is 13.2 Å². The van der Waals surface area contributed by atoms with Gasteiger partial charge in [-0.05, 0) is 36.1 Å². The van der Waals surface area contributed by atoms with Gasteiger partial charge >= 0.3 is 0 Å². The second kappa shape index (κ2) is 12.5. The van der Waals surface area contributed by atoms with Crippen molar-refractivity contribution in [2.24, 2.45) is 4.99 Å². The molecular formula is C22H30IN3O3. The third-order valence-corrected chi connectivity index (χ3v) is 4.67. The molecule has 1 saturated heterocycles. The molecule has 0 spiro atoms. The summed E-state index contributed by atoms with van der Waals surface area (Å²) in [6.07, 6.45) is 2.52. The van der Waals surface area contributed by atoms with E-state index >= 15 is 0 Å². The van der Waals surface area contributed by atoms with Gasteiger partial charge in [0.15, 0.2) is 17.5 Å². The molecule has 0 saturated carbocycles. The van der Waals surface area contributed by atoms with Crippen LogP contribution in [0.2, 0.25) is 0 Å². The number of hydrogen-bond acceptors (Lipinski definition) is 4. The predicted molar refractivity (Wildman–Crippen MR) is 126 cm³/mol. The third-order valence-electron chi connectivity index (χ3n) is 4.67. The van der Waals surface area contributed by atoms with Crippen LogP contribution in [0.5, 0.6) is 11.5 Å². The van der Waals surface area contributed by atoms with Gasteiger partial charge in [0.2, 0.25) is 0 Å². The molecule has 29 heavy (non-hydrogen) atoms. The summed E-state index contributed by atoms with van der Waals surface area (Å²) in [4.78, 5) is 4.27. The number of nitrogens with one attached hydrogen (secondary N) is 2. The van der Waals surface area contributed by atoms with Crippen molar-refractivity contribution in [2.75, 3.05) is 27.3 Å². The molecule has 1 heterocycles. The maximum atomic E-state index is 5.92. The van der Waals surface area contributed by atoms with E-state index in [1.165, 1.54) is 0 Å². The maximum absolute atomic E-state index is 5.92. The first-order chi connectivity index (χ1) is 13.8. The van der Waals surface area contributed by atoms with Crippen molar-refractivity contribution in [1.29, 1.82) is 0 Å². The van der Waals surface area contributed by atoms with Crippen LogP contribution in [0.25, 0.3) is 0 Å². The number of aliphatic imine (C=N–C) groups is 1. The molecule has 0 aromatic heterocycles. The molecular weight excluding hydrogens is 481 g/mol. The highest BCUT2D eigenvalue weighted by Gasteiger charge is 2.15. The summed E-state index contributed by atoms with van der Waals surface area (Å²) in [6.45, 7) is 2.78. The van der Waals surface area contributed by atoms with E-state index in [0.29, 0.717) is 13.2 Å². The van der Waals surface area contributed by atoms with Gasteiger partial charge in [-0.1, -0.05) is 36.4 Å². The van der Waals surface area contributed by atoms with E-state index < -0.39 is 0 Å². The molecule has 1 fully saturated rings. The predicted octanol–water partition coefficient (Wildman–Crippen LogP) is 3.74. The van der Waals surface area contributed by atoms with Crippen LogP contribution >= 0.6 is 24.0 Å². The molecule has 0 radical (unpaired) electrons. The molecule has 0 bridgehead atoms. The summed E-state index contributed by atoms with van der Waals surface area (Å²) < 4.78 is 17.1. The fourth-order valence-electron chi connectivity index (χ4n) is 3.10. The molecule has 0 aliphatic carbocycles. The minimum absolute atomic E-state index is 0. The molecule has 2 aromatic carbocycles. The van der Waals surface area contributed by atoms with Crippen molar-refractivity contribution in [1.82, 2.24) is 10.6 Å². The summed E-state index contributed by atoms with van der Waals surface area (Å²) in [5.74, 6) is 2.22. The van der Waals surface area contributed by atoms with E-state index in [4.69, 9.17) is 14.2 Å². The Morgan fingerprint density at radius 1 is 1.10 bits per heavy atom. The van der Waals surface area contributed by atoms with E-state index in [1.54, 1.807) is 14.2 Å². The average Bonchev–Trinajstić information content (AvgIpc) is 3.27. The summed E-state index contributed by atoms with van der Waals surface area (Å²) in [7, 11) is 3.43. The number of methoxy groups -OCH3 is 1. The van der Waals surface area contributed by atoms with E-state index in [2.05, 4.69) is 15.6 Å². The van der Waals surface area contributed by atoms with Crippen LogP contribution in [0.3, 0.4) is 0 Å². The lowest BCUT2D eigenvalue weighted by Crippen LogP contribution is -2.40. The van der Waals surface area contributed by atoms with E-state index in [1.807, 2.05) is 48.5 Å². The van der Waals surface area contributed by atoms with E-state index in [0.717, 1.165) is 54.6 Å². The molecule has 2 aromatic rings. The number of ether oxygens (including phenoxy) is 3. The second-order valence-corrected chi connectivity index (χ2v) is 6.70. The van der Waals surface area contributed by atoms with Gasteiger partial charge in [-0.25, -0.2) is 0 Å². The van der Waals surface area contributed by atoms with Crippen molar-refractivity contribution in [3.63, 3.8) is 0 Å². The van der Waals surface area contributed by atoms with Gasteiger partial charge in [-0.15, -0.1) is 24.0 Å². The molecule has 2 N–H and O–H groups in total. The lowest BCUT2D eigenvalue weighted by Gasteiger charge is -2.16. The number of hydrogen-bond donors (Lipinski definition) is 2. The summed E-state index contributed by atoms with van der Waals surface area (Å²) >= 11 is 0. The first-order valence-electron chi connectivity index (χ1n) is 9.68. The van der Waals surface area contributed by atoms with Crippen molar-refractivity contribution >= 4 is 29.9 Å². The second-order valence-electron chi connectivity index (χ2n) is 6.70. The van der Waals surface area contributed by atoms with Crippen LogP contribution in [-0.4, -0.2) is 39.4 Å². The molecule has 6 nitrogen and oxygen atoms in total. The fourth-order valence-corrected chi connectivity index (χ4v) is 3.10. The van der Waals surface area contributed by atoms with Gasteiger partial charge in [-0.2, -0.15) is 0 Å². The monoisotopic (exact) mass is 511 g/mol. The first kappa shape index (κ1) is 23.3. The van der Waals surface area contributed by atoms with Crippen molar-refractivity contribution in [3.8, 4) is 11.5 Å². The Morgan fingerprint density at radius 3 is 2.62 bits per heavy atom. The van der Waals surface area contributed by atoms with Gasteiger partial charge < -0.3 is 24.8 Å². The molecule has 3 rings (SSSR count). The number of halogens is 1. The average molecular weight is 511 g/mol.